The zero-order valence-corrected chi connectivity index (χ0v) is 43.0. The summed E-state index contributed by atoms with van der Waals surface area (Å²) in [4.78, 5) is 61.8. The van der Waals surface area contributed by atoms with Gasteiger partial charge in [-0.15, -0.1) is 0 Å². The lowest BCUT2D eigenvalue weighted by molar-refractivity contribution is -0.161. The molecule has 400 valence electrons. The topological polar surface area (TPSA) is 286 Å². The number of aromatic nitrogens is 2. The maximum Gasteiger partial charge on any atom is 0.481 e. The van der Waals surface area contributed by atoms with Gasteiger partial charge in [-0.1, -0.05) is 111 Å². The summed E-state index contributed by atoms with van der Waals surface area (Å²) in [6.07, 6.45) is 38.3. The number of phosphoric ester groups is 2. The fourth-order valence-corrected chi connectivity index (χ4v) is 8.75. The highest BCUT2D eigenvalue weighted by molar-refractivity contribution is 7.61. The number of nitrogens with two attached hydrogens (primary N) is 1. The molecule has 1 fully saturated rings. The number of phosphoric acid groups is 2. The first-order valence-corrected chi connectivity index (χ1v) is 27.7. The molecule has 7 atom stereocenters. The molecule has 1 aliphatic rings. The fourth-order valence-electron chi connectivity index (χ4n) is 6.64. The number of anilines is 1. The predicted molar refractivity (Wildman–Crippen MR) is 271 cm³/mol. The second-order valence-corrected chi connectivity index (χ2v) is 19.7. The molecule has 1 aromatic rings. The number of hydrogen-bond donors (Lipinski definition) is 6. The normalized spacial score (nSPS) is 19.9. The molecule has 2 unspecified atom stereocenters. The summed E-state index contributed by atoms with van der Waals surface area (Å²) in [6, 6.07) is 1.24. The Labute approximate surface area is 419 Å². The van der Waals surface area contributed by atoms with E-state index in [1.54, 1.807) is 0 Å². The van der Waals surface area contributed by atoms with E-state index in [0.717, 1.165) is 75.0 Å². The Hall–Kier alpha value is -4.10. The lowest BCUT2D eigenvalue weighted by Crippen LogP contribution is -2.36. The second kappa shape index (κ2) is 38.5. The first-order valence-electron chi connectivity index (χ1n) is 24.7. The number of nitrogens with zero attached hydrogens (tertiary/aromatic N) is 2. The van der Waals surface area contributed by atoms with E-state index in [1.165, 1.54) is 25.3 Å². The number of ether oxygens (including phenoxy) is 3. The Bertz CT molecular complexity index is 2020. The van der Waals surface area contributed by atoms with Crippen LogP contribution in [0.1, 0.15) is 142 Å². The van der Waals surface area contributed by atoms with Crippen LogP contribution in [0.25, 0.3) is 0 Å². The summed E-state index contributed by atoms with van der Waals surface area (Å²) in [5, 5.41) is 29.7. The summed E-state index contributed by atoms with van der Waals surface area (Å²) in [5.74, 6) is -1.44. The number of carbonyl (C=O) groups is 2. The van der Waals surface area contributed by atoms with Crippen molar-refractivity contribution in [1.29, 1.82) is 0 Å². The highest BCUT2D eigenvalue weighted by Crippen LogP contribution is 2.60. The molecule has 1 aliphatic heterocycles. The van der Waals surface area contributed by atoms with Crippen molar-refractivity contribution in [1.82, 2.24) is 9.55 Å². The maximum atomic E-state index is 12.8. The number of rotatable bonds is 40. The number of aliphatic hydroxyl groups is 3. The third-order valence-corrected chi connectivity index (χ3v) is 13.1. The molecule has 0 aliphatic carbocycles. The van der Waals surface area contributed by atoms with Crippen LogP contribution in [0.5, 0.6) is 0 Å². The lowest BCUT2D eigenvalue weighted by atomic mass is 10.1. The number of carbonyl (C=O) groups excluding carboxylic acids is 2. The maximum absolute atomic E-state index is 12.8. The van der Waals surface area contributed by atoms with Crippen molar-refractivity contribution >= 4 is 33.4 Å². The van der Waals surface area contributed by atoms with Crippen molar-refractivity contribution in [3.63, 3.8) is 0 Å². The molecule has 1 saturated heterocycles. The molecule has 19 nitrogen and oxygen atoms in total. The van der Waals surface area contributed by atoms with Crippen molar-refractivity contribution in [3.8, 4) is 0 Å². The van der Waals surface area contributed by atoms with Crippen LogP contribution in [-0.4, -0.2) is 97.4 Å². The van der Waals surface area contributed by atoms with Crippen molar-refractivity contribution in [3.05, 3.63) is 108 Å². The Morgan fingerprint density at radius 3 is 1.76 bits per heavy atom. The van der Waals surface area contributed by atoms with E-state index in [2.05, 4.69) is 77.0 Å². The Kier molecular flexibility index (Phi) is 34.2. The van der Waals surface area contributed by atoms with Crippen molar-refractivity contribution < 1.29 is 71.4 Å². The van der Waals surface area contributed by atoms with Crippen LogP contribution in [-0.2, 0) is 46.3 Å². The monoisotopic (exact) mass is 1040 g/mol. The van der Waals surface area contributed by atoms with Gasteiger partial charge in [0.25, 0.3) is 0 Å². The van der Waals surface area contributed by atoms with Gasteiger partial charge in [0.05, 0.1) is 13.2 Å². The zero-order valence-electron chi connectivity index (χ0n) is 41.2. The van der Waals surface area contributed by atoms with Crippen molar-refractivity contribution in [2.24, 2.45) is 0 Å². The van der Waals surface area contributed by atoms with Crippen LogP contribution in [0.3, 0.4) is 0 Å². The molecule has 0 bridgehead atoms. The van der Waals surface area contributed by atoms with E-state index in [1.807, 2.05) is 24.3 Å². The summed E-state index contributed by atoms with van der Waals surface area (Å²) in [6.45, 7) is 0.0166. The van der Waals surface area contributed by atoms with Crippen LogP contribution < -0.4 is 11.4 Å². The fraction of sp³-hybridized carbons (Fsp3) is 0.600. The molecule has 0 saturated carbocycles. The quantitative estimate of drug-likeness (QED) is 0.0155. The zero-order chi connectivity index (χ0) is 52.0. The van der Waals surface area contributed by atoms with Crippen LogP contribution >= 0.6 is 15.6 Å². The molecule has 0 spiro atoms. The lowest BCUT2D eigenvalue weighted by Gasteiger charge is -2.21. The standard InChI is InChI=1S/C50H79N3O16P2/c1-2-3-4-5-6-7-8-9-13-16-19-22-25-28-31-34-45(55)64-39-42(67-46(56)35-32-29-26-23-20-17-14-11-10-12-15-18-21-24-27-30-33-38-54)40-65-70(60,61)69-71(62,63)66-41-43-47(57)48(58)49(68-43)53-37-36-44(51)52-50(53)59/h6-7,9-10,12-14,17-19,21-23,26,36-37,42-43,47-49,54,57-58H,2-5,8,11,15-16,20,24-25,27-35,38-41H2,1H3,(H,60,61)(H,62,63)(H2,51,52,59)/b7-6-,12-10-,13-9-,17-14-,21-18-,22-19-,26-23-/t42-,43-,47-,48-,49-/m1/s1. The molecule has 2 heterocycles. The van der Waals surface area contributed by atoms with Crippen molar-refractivity contribution in [2.45, 2.75) is 166 Å². The van der Waals surface area contributed by atoms with Crippen LogP contribution in [0.2, 0.25) is 0 Å². The molecule has 7 N–H and O–H groups in total. The summed E-state index contributed by atoms with van der Waals surface area (Å²) >= 11 is 0. The number of unbranched alkanes of at least 4 members (excludes halogenated alkanes) is 9. The molecular formula is C50H79N3O16P2. The third kappa shape index (κ3) is 31.2. The largest absolute Gasteiger partial charge is 0.481 e. The van der Waals surface area contributed by atoms with Gasteiger partial charge in [0, 0.05) is 25.6 Å². The average Bonchev–Trinajstić information content (AvgIpc) is 3.61. The van der Waals surface area contributed by atoms with Crippen molar-refractivity contribution in [2.75, 3.05) is 32.2 Å². The first-order chi connectivity index (χ1) is 34.2. The third-order valence-electron chi connectivity index (χ3n) is 10.5. The minimum Gasteiger partial charge on any atom is -0.462 e. The van der Waals surface area contributed by atoms with Gasteiger partial charge in [-0.05, 0) is 102 Å². The second-order valence-electron chi connectivity index (χ2n) is 16.7. The van der Waals surface area contributed by atoms with Gasteiger partial charge < -0.3 is 45.1 Å². The van der Waals surface area contributed by atoms with E-state index in [-0.39, 0.29) is 25.3 Å². The van der Waals surface area contributed by atoms with Gasteiger partial charge in [0.2, 0.25) is 0 Å². The van der Waals surface area contributed by atoms with E-state index in [4.69, 9.17) is 34.1 Å². The van der Waals surface area contributed by atoms with Crippen LogP contribution in [0.4, 0.5) is 5.82 Å². The van der Waals surface area contributed by atoms with Gasteiger partial charge in [-0.25, -0.2) is 13.9 Å². The molecule has 21 heteroatoms. The highest BCUT2D eigenvalue weighted by atomic mass is 31.3. The van der Waals surface area contributed by atoms with E-state index < -0.39 is 83.7 Å². The van der Waals surface area contributed by atoms with E-state index >= 15 is 0 Å². The first kappa shape index (κ1) is 63.0. The summed E-state index contributed by atoms with van der Waals surface area (Å²) in [5.41, 5.74) is 4.57. The Morgan fingerprint density at radius 2 is 1.21 bits per heavy atom. The summed E-state index contributed by atoms with van der Waals surface area (Å²) < 4.78 is 56.6. The van der Waals surface area contributed by atoms with Gasteiger partial charge >= 0.3 is 33.3 Å². The number of hydrogen-bond acceptors (Lipinski definition) is 16. The molecule has 0 amide bonds. The molecule has 0 aromatic carbocycles. The minimum atomic E-state index is -5.45. The number of esters is 2. The molecule has 1 aromatic heterocycles. The number of nitrogen functional groups attached to an aromatic ring is 1. The molecular weight excluding hydrogens is 961 g/mol. The van der Waals surface area contributed by atoms with Crippen LogP contribution in [0, 0.1) is 0 Å². The number of allylic oxidation sites excluding steroid dienone is 14. The number of aliphatic hydroxyl groups excluding tert-OH is 3. The molecule has 2 rings (SSSR count). The van der Waals surface area contributed by atoms with Gasteiger partial charge in [0.1, 0.15) is 30.7 Å². The summed E-state index contributed by atoms with van der Waals surface area (Å²) in [7, 11) is -10.9. The van der Waals surface area contributed by atoms with Crippen LogP contribution in [0.15, 0.2) is 102 Å². The Morgan fingerprint density at radius 1 is 0.704 bits per heavy atom. The SMILES string of the molecule is CCCCC/C=C\C/C=C\C/C=C\CCCCC(=O)OC[C@H](COP(=O)(O)OP(=O)(O)OC[C@H]1O[C@@H](n2ccc(N)nc2=O)[C@H](O)[C@@H]1O)OC(=O)CCC/C=C\C/C=C\C/C=C\C/C=C\CCCCCO. The minimum absolute atomic E-state index is 0.0485. The van der Waals surface area contributed by atoms with E-state index in [9.17, 15) is 43.5 Å². The van der Waals surface area contributed by atoms with E-state index in [0.29, 0.717) is 32.1 Å². The molecule has 71 heavy (non-hydrogen) atoms. The van der Waals surface area contributed by atoms with Gasteiger partial charge in [-0.2, -0.15) is 9.29 Å². The predicted octanol–water partition coefficient (Wildman–Crippen LogP) is 8.86. The highest BCUT2D eigenvalue weighted by Gasteiger charge is 2.46. The van der Waals surface area contributed by atoms with Gasteiger partial charge in [0.15, 0.2) is 12.3 Å². The Balaban J connectivity index is 1.86. The smallest absolute Gasteiger partial charge is 0.462 e. The van der Waals surface area contributed by atoms with Gasteiger partial charge in [-0.3, -0.25) is 23.2 Å². The molecule has 0 radical (unpaired) electrons. The average molecular weight is 1040 g/mol.